The van der Waals surface area contributed by atoms with Crippen molar-refractivity contribution in [2.45, 2.75) is 33.6 Å². The fourth-order valence-electron chi connectivity index (χ4n) is 2.31. The van der Waals surface area contributed by atoms with Crippen molar-refractivity contribution in [3.63, 3.8) is 0 Å². The van der Waals surface area contributed by atoms with Gasteiger partial charge in [0.05, 0.1) is 0 Å². The average Bonchev–Trinajstić information content (AvgIpc) is 2.47. The SMILES string of the molecule is CCCNc1nc(CC)nc(N2CCNCC2)c1C. The molecule has 0 bridgehead atoms. The quantitative estimate of drug-likeness (QED) is 0.845. The molecule has 2 N–H and O–H groups in total. The number of nitrogens with one attached hydrogen (secondary N) is 2. The van der Waals surface area contributed by atoms with E-state index in [0.29, 0.717) is 0 Å². The molecule has 1 aromatic rings. The van der Waals surface area contributed by atoms with Crippen LogP contribution in [-0.2, 0) is 6.42 Å². The number of hydrogen-bond donors (Lipinski definition) is 2. The lowest BCUT2D eigenvalue weighted by molar-refractivity contribution is 0.582. The molecule has 2 rings (SSSR count). The molecule has 5 heteroatoms. The summed E-state index contributed by atoms with van der Waals surface area (Å²) in [6.07, 6.45) is 1.98. The predicted octanol–water partition coefficient (Wildman–Crippen LogP) is 1.58. The maximum Gasteiger partial charge on any atom is 0.137 e. The highest BCUT2D eigenvalue weighted by molar-refractivity contribution is 5.59. The summed E-state index contributed by atoms with van der Waals surface area (Å²) < 4.78 is 0. The topological polar surface area (TPSA) is 53.1 Å². The van der Waals surface area contributed by atoms with E-state index in [4.69, 9.17) is 4.98 Å². The van der Waals surface area contributed by atoms with E-state index >= 15 is 0 Å². The van der Waals surface area contributed by atoms with E-state index in [0.717, 1.165) is 63.0 Å². The van der Waals surface area contributed by atoms with Crippen molar-refractivity contribution in [3.8, 4) is 0 Å². The number of aromatic nitrogens is 2. The van der Waals surface area contributed by atoms with E-state index in [9.17, 15) is 0 Å². The van der Waals surface area contributed by atoms with Gasteiger partial charge in [0.2, 0.25) is 0 Å². The zero-order valence-electron chi connectivity index (χ0n) is 12.3. The van der Waals surface area contributed by atoms with Crippen molar-refractivity contribution in [1.29, 1.82) is 0 Å². The minimum atomic E-state index is 0.875. The van der Waals surface area contributed by atoms with Gasteiger partial charge >= 0.3 is 0 Å². The van der Waals surface area contributed by atoms with Gasteiger partial charge in [-0.3, -0.25) is 0 Å². The molecule has 1 aromatic heterocycles. The second-order valence-corrected chi connectivity index (χ2v) is 4.95. The largest absolute Gasteiger partial charge is 0.370 e. The lowest BCUT2D eigenvalue weighted by atomic mass is 10.2. The van der Waals surface area contributed by atoms with Gasteiger partial charge in [-0.05, 0) is 13.3 Å². The molecule has 1 fully saturated rings. The van der Waals surface area contributed by atoms with Crippen LogP contribution in [0.3, 0.4) is 0 Å². The molecule has 2 heterocycles. The molecule has 1 aliphatic rings. The highest BCUT2D eigenvalue weighted by Gasteiger charge is 2.17. The van der Waals surface area contributed by atoms with Crippen LogP contribution >= 0.6 is 0 Å². The fourth-order valence-corrected chi connectivity index (χ4v) is 2.31. The highest BCUT2D eigenvalue weighted by atomic mass is 15.2. The molecule has 0 amide bonds. The van der Waals surface area contributed by atoms with Gasteiger partial charge < -0.3 is 15.5 Å². The molecule has 19 heavy (non-hydrogen) atoms. The molecular weight excluding hydrogens is 238 g/mol. The monoisotopic (exact) mass is 263 g/mol. The van der Waals surface area contributed by atoms with Crippen LogP contribution in [0.5, 0.6) is 0 Å². The Morgan fingerprint density at radius 1 is 1.21 bits per heavy atom. The summed E-state index contributed by atoms with van der Waals surface area (Å²) >= 11 is 0. The van der Waals surface area contributed by atoms with Crippen molar-refractivity contribution in [2.24, 2.45) is 0 Å². The van der Waals surface area contributed by atoms with E-state index in [-0.39, 0.29) is 0 Å². The third-order valence-corrected chi connectivity index (χ3v) is 3.44. The van der Waals surface area contributed by atoms with Crippen molar-refractivity contribution in [2.75, 3.05) is 42.9 Å². The van der Waals surface area contributed by atoms with Crippen LogP contribution < -0.4 is 15.5 Å². The Balaban J connectivity index is 2.29. The summed E-state index contributed by atoms with van der Waals surface area (Å²) in [6.45, 7) is 11.5. The fraction of sp³-hybridized carbons (Fsp3) is 0.714. The Labute approximate surface area is 115 Å². The molecular formula is C14H25N5. The Bertz CT molecular complexity index is 413. The summed E-state index contributed by atoms with van der Waals surface area (Å²) in [5.74, 6) is 3.03. The third-order valence-electron chi connectivity index (χ3n) is 3.44. The van der Waals surface area contributed by atoms with Gasteiger partial charge in [0.1, 0.15) is 17.5 Å². The van der Waals surface area contributed by atoms with Crippen LogP contribution in [0.1, 0.15) is 31.7 Å². The molecule has 0 aliphatic carbocycles. The third kappa shape index (κ3) is 3.35. The number of anilines is 2. The van der Waals surface area contributed by atoms with Crippen molar-refractivity contribution in [3.05, 3.63) is 11.4 Å². The molecule has 5 nitrogen and oxygen atoms in total. The second kappa shape index (κ2) is 6.70. The van der Waals surface area contributed by atoms with Crippen molar-refractivity contribution < 1.29 is 0 Å². The summed E-state index contributed by atoms with van der Waals surface area (Å²) in [5.41, 5.74) is 1.17. The lowest BCUT2D eigenvalue weighted by Gasteiger charge is -2.30. The minimum Gasteiger partial charge on any atom is -0.370 e. The first kappa shape index (κ1) is 14.1. The number of hydrogen-bond acceptors (Lipinski definition) is 5. The van der Waals surface area contributed by atoms with Crippen LogP contribution in [0.4, 0.5) is 11.6 Å². The summed E-state index contributed by atoms with van der Waals surface area (Å²) in [4.78, 5) is 11.7. The number of rotatable bonds is 5. The number of nitrogens with zero attached hydrogens (tertiary/aromatic N) is 3. The molecule has 0 aromatic carbocycles. The van der Waals surface area contributed by atoms with Crippen molar-refractivity contribution in [1.82, 2.24) is 15.3 Å². The molecule has 0 atom stereocenters. The number of aryl methyl sites for hydroxylation is 1. The smallest absolute Gasteiger partial charge is 0.137 e. The first-order chi connectivity index (χ1) is 9.26. The lowest BCUT2D eigenvalue weighted by Crippen LogP contribution is -2.44. The van der Waals surface area contributed by atoms with Crippen LogP contribution in [-0.4, -0.2) is 42.7 Å². The van der Waals surface area contributed by atoms with Crippen LogP contribution in [0, 0.1) is 6.92 Å². The van der Waals surface area contributed by atoms with Crippen LogP contribution in [0.2, 0.25) is 0 Å². The molecule has 0 spiro atoms. The predicted molar refractivity (Wildman–Crippen MR) is 80.0 cm³/mol. The van der Waals surface area contributed by atoms with E-state index in [1.54, 1.807) is 0 Å². The zero-order chi connectivity index (χ0) is 13.7. The van der Waals surface area contributed by atoms with Gasteiger partial charge in [0, 0.05) is 44.7 Å². The molecule has 106 valence electrons. The molecule has 0 radical (unpaired) electrons. The first-order valence-electron chi connectivity index (χ1n) is 7.33. The van der Waals surface area contributed by atoms with Gasteiger partial charge in [-0.2, -0.15) is 0 Å². The maximum atomic E-state index is 4.73. The maximum absolute atomic E-state index is 4.73. The average molecular weight is 263 g/mol. The molecule has 1 aliphatic heterocycles. The Morgan fingerprint density at radius 3 is 2.58 bits per heavy atom. The Hall–Kier alpha value is -1.36. The molecule has 1 saturated heterocycles. The Kier molecular flexibility index (Phi) is 4.96. The zero-order valence-corrected chi connectivity index (χ0v) is 12.3. The van der Waals surface area contributed by atoms with Gasteiger partial charge in [-0.25, -0.2) is 9.97 Å². The summed E-state index contributed by atoms with van der Waals surface area (Å²) in [5, 5.41) is 6.80. The van der Waals surface area contributed by atoms with Gasteiger partial charge in [-0.1, -0.05) is 13.8 Å². The van der Waals surface area contributed by atoms with E-state index in [1.807, 2.05) is 0 Å². The Morgan fingerprint density at radius 2 is 1.95 bits per heavy atom. The van der Waals surface area contributed by atoms with Gasteiger partial charge in [0.15, 0.2) is 0 Å². The van der Waals surface area contributed by atoms with Crippen molar-refractivity contribution >= 4 is 11.6 Å². The normalized spacial score (nSPS) is 15.6. The first-order valence-corrected chi connectivity index (χ1v) is 7.33. The molecule has 0 saturated carbocycles. The van der Waals surface area contributed by atoms with Gasteiger partial charge in [0.25, 0.3) is 0 Å². The second-order valence-electron chi connectivity index (χ2n) is 4.95. The minimum absolute atomic E-state index is 0.875. The number of piperazine rings is 1. The van der Waals surface area contributed by atoms with E-state index in [1.165, 1.54) is 5.56 Å². The highest BCUT2D eigenvalue weighted by Crippen LogP contribution is 2.24. The summed E-state index contributed by atoms with van der Waals surface area (Å²) in [7, 11) is 0. The van der Waals surface area contributed by atoms with E-state index in [2.05, 4.69) is 41.3 Å². The standard InChI is InChI=1S/C14H25N5/c1-4-6-16-13-11(3)14(18-12(5-2)17-13)19-9-7-15-8-10-19/h15H,4-10H2,1-3H3,(H,16,17,18). The van der Waals surface area contributed by atoms with Crippen LogP contribution in [0.25, 0.3) is 0 Å². The van der Waals surface area contributed by atoms with Crippen LogP contribution in [0.15, 0.2) is 0 Å². The van der Waals surface area contributed by atoms with Gasteiger partial charge in [-0.15, -0.1) is 0 Å². The summed E-state index contributed by atoms with van der Waals surface area (Å²) in [6, 6.07) is 0. The molecule has 0 unspecified atom stereocenters. The van der Waals surface area contributed by atoms with E-state index < -0.39 is 0 Å².